The van der Waals surface area contributed by atoms with Crippen molar-refractivity contribution < 1.29 is 1.43 Å². The van der Waals surface area contributed by atoms with Gasteiger partial charge in [0.05, 0.1) is 0 Å². The maximum absolute atomic E-state index is 3.29. The Labute approximate surface area is 128 Å². The van der Waals surface area contributed by atoms with Gasteiger partial charge >= 0.3 is 0 Å². The van der Waals surface area contributed by atoms with Crippen molar-refractivity contribution in [2.24, 2.45) is 16.7 Å². The minimum Gasteiger partial charge on any atom is -0.320 e. The Kier molecular flexibility index (Phi) is 5.53. The van der Waals surface area contributed by atoms with Gasteiger partial charge in [0, 0.05) is 1.43 Å². The number of hydrogen-bond donors (Lipinski definition) is 1. The van der Waals surface area contributed by atoms with Crippen molar-refractivity contribution in [3.05, 3.63) is 0 Å². The maximum Gasteiger partial charge on any atom is 0 e. The maximum atomic E-state index is 3.29. The Morgan fingerprint density at radius 2 is 1.70 bits per heavy atom. The van der Waals surface area contributed by atoms with Crippen LogP contribution in [0.1, 0.15) is 67.1 Å². The van der Waals surface area contributed by atoms with Gasteiger partial charge in [-0.15, -0.1) is 0 Å². The van der Waals surface area contributed by atoms with Crippen molar-refractivity contribution in [1.29, 1.82) is 0 Å². The van der Waals surface area contributed by atoms with Crippen LogP contribution in [0.3, 0.4) is 0 Å². The molecule has 20 heavy (non-hydrogen) atoms. The summed E-state index contributed by atoms with van der Waals surface area (Å²) in [6.07, 6.45) is 10.6. The number of nitrogens with one attached hydrogen (secondary N) is 1. The molecule has 2 saturated carbocycles. The Morgan fingerprint density at radius 1 is 1.10 bits per heavy atom. The summed E-state index contributed by atoms with van der Waals surface area (Å²) in [5, 5.41) is 3.29. The highest BCUT2D eigenvalue weighted by Crippen LogP contribution is 2.69. The van der Waals surface area contributed by atoms with Gasteiger partial charge in [-0.3, -0.25) is 0 Å². The minimum absolute atomic E-state index is 0. The average molecular weight is 283 g/mol. The second-order valence-electron chi connectivity index (χ2n) is 7.45. The van der Waals surface area contributed by atoms with Gasteiger partial charge in [0.25, 0.3) is 0 Å². The second kappa shape index (κ2) is 6.79. The molecule has 0 radical (unpaired) electrons. The van der Waals surface area contributed by atoms with E-state index in [1.807, 2.05) is 13.8 Å². The fourth-order valence-electron chi connectivity index (χ4n) is 5.24. The summed E-state index contributed by atoms with van der Waals surface area (Å²) >= 11 is 0. The van der Waals surface area contributed by atoms with Gasteiger partial charge in [0.2, 0.25) is 0 Å². The zero-order valence-corrected chi connectivity index (χ0v) is 14.3. The first-order valence-corrected chi connectivity index (χ1v) is 9.06. The molecule has 3 aliphatic rings. The van der Waals surface area contributed by atoms with Crippen molar-refractivity contribution >= 4 is 0 Å². The Hall–Kier alpha value is -0.0800. The monoisotopic (exact) mass is 282 g/mol. The molecule has 1 aliphatic heterocycles. The number of rotatable bonds is 4. The summed E-state index contributed by atoms with van der Waals surface area (Å²) in [6, 6.07) is 0. The van der Waals surface area contributed by atoms with Crippen LogP contribution in [0.25, 0.3) is 0 Å². The lowest BCUT2D eigenvalue weighted by atomic mass is 9.40. The topological polar surface area (TPSA) is 15.3 Å². The highest BCUT2D eigenvalue weighted by molar-refractivity contribution is 5.10. The van der Waals surface area contributed by atoms with Gasteiger partial charge < -0.3 is 10.2 Å². The van der Waals surface area contributed by atoms with Crippen LogP contribution in [0, 0.1) is 16.7 Å². The lowest BCUT2D eigenvalue weighted by Gasteiger charge is -2.65. The molecule has 1 saturated heterocycles. The molecule has 2 nitrogen and oxygen atoms in total. The zero-order chi connectivity index (χ0) is 14.6. The number of likely N-dealkylation sites (tertiary alicyclic amines) is 1. The first kappa shape index (κ1) is 16.3. The van der Waals surface area contributed by atoms with Crippen LogP contribution in [0.2, 0.25) is 0 Å². The number of piperidine rings is 1. The van der Waals surface area contributed by atoms with Crippen LogP contribution in [0.15, 0.2) is 0 Å². The van der Waals surface area contributed by atoms with Gasteiger partial charge in [-0.05, 0) is 94.9 Å². The van der Waals surface area contributed by atoms with Crippen molar-refractivity contribution in [1.82, 2.24) is 10.2 Å². The van der Waals surface area contributed by atoms with E-state index in [0.717, 1.165) is 16.7 Å². The van der Waals surface area contributed by atoms with Gasteiger partial charge in [-0.2, -0.15) is 0 Å². The van der Waals surface area contributed by atoms with E-state index in [1.54, 1.807) is 25.7 Å². The quantitative estimate of drug-likeness (QED) is 0.833. The van der Waals surface area contributed by atoms with E-state index >= 15 is 0 Å². The van der Waals surface area contributed by atoms with Crippen molar-refractivity contribution in [2.75, 3.05) is 33.2 Å². The fourth-order valence-corrected chi connectivity index (χ4v) is 5.24. The SMILES string of the molecule is CC.CCN1CCC2(CC1)CC1(CC(CCNC)C1)C2.[HH]. The summed E-state index contributed by atoms with van der Waals surface area (Å²) in [6.45, 7) is 11.5. The van der Waals surface area contributed by atoms with E-state index in [-0.39, 0.29) is 1.43 Å². The lowest BCUT2D eigenvalue weighted by Crippen LogP contribution is -2.57. The van der Waals surface area contributed by atoms with Gasteiger partial charge in [0.15, 0.2) is 0 Å². The van der Waals surface area contributed by atoms with Gasteiger partial charge in [-0.1, -0.05) is 20.8 Å². The summed E-state index contributed by atoms with van der Waals surface area (Å²) < 4.78 is 0. The molecule has 0 unspecified atom stereocenters. The molecule has 0 bridgehead atoms. The molecule has 2 heteroatoms. The first-order valence-electron chi connectivity index (χ1n) is 9.06. The van der Waals surface area contributed by atoms with Gasteiger partial charge in [-0.25, -0.2) is 0 Å². The zero-order valence-electron chi connectivity index (χ0n) is 14.3. The largest absolute Gasteiger partial charge is 0.320 e. The first-order chi connectivity index (χ1) is 9.69. The van der Waals surface area contributed by atoms with Crippen molar-refractivity contribution in [3.8, 4) is 0 Å². The fraction of sp³-hybridized carbons (Fsp3) is 1.00. The molecule has 2 spiro atoms. The summed E-state index contributed by atoms with van der Waals surface area (Å²) in [7, 11) is 2.08. The Balaban J connectivity index is 0.000000706. The van der Waals surface area contributed by atoms with Crippen LogP contribution in [0.4, 0.5) is 0 Å². The van der Waals surface area contributed by atoms with Crippen molar-refractivity contribution in [2.45, 2.75) is 65.7 Å². The Morgan fingerprint density at radius 3 is 2.20 bits per heavy atom. The number of hydrogen-bond acceptors (Lipinski definition) is 2. The predicted molar refractivity (Wildman–Crippen MR) is 90.2 cm³/mol. The molecule has 3 fully saturated rings. The third-order valence-electron chi connectivity index (χ3n) is 6.11. The predicted octanol–water partition coefficient (Wildman–Crippen LogP) is 4.16. The summed E-state index contributed by atoms with van der Waals surface area (Å²) in [5.74, 6) is 1.05. The molecule has 0 aromatic heterocycles. The van der Waals surface area contributed by atoms with Crippen LogP contribution in [-0.2, 0) is 0 Å². The molecular formula is C18H38N2. The minimum atomic E-state index is 0. The molecular weight excluding hydrogens is 244 g/mol. The van der Waals surface area contributed by atoms with Crippen LogP contribution in [0.5, 0.6) is 0 Å². The van der Waals surface area contributed by atoms with E-state index in [0.29, 0.717) is 0 Å². The molecule has 0 aromatic rings. The molecule has 1 N–H and O–H groups in total. The molecule has 1 heterocycles. The normalized spacial score (nSPS) is 27.6. The van der Waals surface area contributed by atoms with E-state index in [9.17, 15) is 0 Å². The third-order valence-corrected chi connectivity index (χ3v) is 6.11. The Bertz CT molecular complexity index is 282. The number of nitrogens with zero attached hydrogens (tertiary/aromatic N) is 1. The standard InChI is InChI=1S/C16H30N2.C2H6.H2/c1-3-18-8-5-15(6-9-18)12-16(13-15)10-14(11-16)4-7-17-2;1-2;/h14,17H,3-13H2,1-2H3;1-2H3;1H. The second-order valence-corrected chi connectivity index (χ2v) is 7.45. The van der Waals surface area contributed by atoms with Crippen molar-refractivity contribution in [3.63, 3.8) is 0 Å². The van der Waals surface area contributed by atoms with Crippen LogP contribution in [-0.4, -0.2) is 38.1 Å². The smallest absolute Gasteiger partial charge is 0 e. The third kappa shape index (κ3) is 3.22. The van der Waals surface area contributed by atoms with E-state index < -0.39 is 0 Å². The molecule has 0 amide bonds. The van der Waals surface area contributed by atoms with Crippen LogP contribution < -0.4 is 5.32 Å². The summed E-state index contributed by atoms with van der Waals surface area (Å²) in [5.41, 5.74) is 1.62. The van der Waals surface area contributed by atoms with E-state index in [2.05, 4.69) is 24.2 Å². The van der Waals surface area contributed by atoms with Crippen LogP contribution >= 0.6 is 0 Å². The highest BCUT2D eigenvalue weighted by atomic mass is 15.1. The molecule has 0 aromatic carbocycles. The highest BCUT2D eigenvalue weighted by Gasteiger charge is 2.59. The van der Waals surface area contributed by atoms with Gasteiger partial charge in [0.1, 0.15) is 0 Å². The lowest BCUT2D eigenvalue weighted by molar-refractivity contribution is -0.149. The molecule has 3 rings (SSSR count). The van der Waals surface area contributed by atoms with E-state index in [4.69, 9.17) is 0 Å². The average Bonchev–Trinajstić information content (AvgIpc) is 2.43. The summed E-state index contributed by atoms with van der Waals surface area (Å²) in [4.78, 5) is 2.63. The van der Waals surface area contributed by atoms with E-state index in [1.165, 1.54) is 45.4 Å². The molecule has 0 atom stereocenters. The molecule has 120 valence electrons. The molecule has 2 aliphatic carbocycles.